The highest BCUT2D eigenvalue weighted by atomic mass is 32.2. The predicted octanol–water partition coefficient (Wildman–Crippen LogP) is 3.85. The van der Waals surface area contributed by atoms with E-state index in [1.165, 1.54) is 11.8 Å². The van der Waals surface area contributed by atoms with Crippen LogP contribution in [0.25, 0.3) is 5.69 Å². The molecule has 0 amide bonds. The second-order valence-corrected chi connectivity index (χ2v) is 7.75. The third kappa shape index (κ3) is 4.34. The lowest BCUT2D eigenvalue weighted by molar-refractivity contribution is 0.276. The summed E-state index contributed by atoms with van der Waals surface area (Å²) in [6.07, 6.45) is 0.928. The average Bonchev–Trinajstić information content (AvgIpc) is 3.04. The van der Waals surface area contributed by atoms with Gasteiger partial charge in [-0.25, -0.2) is 9.97 Å². The van der Waals surface area contributed by atoms with Gasteiger partial charge in [-0.2, -0.15) is 0 Å². The van der Waals surface area contributed by atoms with Gasteiger partial charge in [0, 0.05) is 11.4 Å². The molecule has 2 heterocycles. The van der Waals surface area contributed by atoms with Gasteiger partial charge in [-0.05, 0) is 76.5 Å². The van der Waals surface area contributed by atoms with E-state index in [1.54, 1.807) is 7.11 Å². The van der Waals surface area contributed by atoms with Crippen molar-refractivity contribution in [3.05, 3.63) is 47.7 Å². The molecule has 3 aromatic rings. The monoisotopic (exact) mass is 398 g/mol. The normalized spacial score (nSPS) is 12.4. The highest BCUT2D eigenvalue weighted by molar-refractivity contribution is 7.99. The van der Waals surface area contributed by atoms with Crippen molar-refractivity contribution in [3.8, 4) is 11.4 Å². The summed E-state index contributed by atoms with van der Waals surface area (Å²) < 4.78 is 7.41. The van der Waals surface area contributed by atoms with Gasteiger partial charge in [0.25, 0.3) is 0 Å². The molecule has 3 rings (SSSR count). The first-order chi connectivity index (χ1) is 13.4. The van der Waals surface area contributed by atoms with E-state index in [1.807, 2.05) is 44.2 Å². The van der Waals surface area contributed by atoms with Gasteiger partial charge in [0.05, 0.1) is 13.2 Å². The molecule has 0 saturated carbocycles. The molecule has 0 radical (unpaired) electrons. The summed E-state index contributed by atoms with van der Waals surface area (Å²) in [5.74, 6) is 2.47. The number of hydrogen-bond donors (Lipinski definition) is 0. The Morgan fingerprint density at radius 2 is 1.82 bits per heavy atom. The molecular weight excluding hydrogens is 372 g/mol. The number of methoxy groups -OCH3 is 1. The SMILES string of the molecule is CCC(c1nnc(Sc2cc(C)nc(C)n2)n1-c1ccc(OC)cc1)N(C)C. The fraction of sp³-hybridized carbons (Fsp3) is 0.400. The number of ether oxygens (including phenoxy) is 1. The zero-order valence-electron chi connectivity index (χ0n) is 17.2. The quantitative estimate of drug-likeness (QED) is 0.560. The standard InChI is InChI=1S/C20H26N6OS/c1-7-17(25(4)5)19-23-24-20(28-18-12-13(2)21-14(3)22-18)26(19)15-8-10-16(27-6)11-9-15/h8-12,17H,7H2,1-6H3. The Morgan fingerprint density at radius 3 is 2.39 bits per heavy atom. The van der Waals surface area contributed by atoms with Crippen molar-refractivity contribution in [2.45, 2.75) is 43.4 Å². The molecule has 2 aromatic heterocycles. The Labute approximate surface area is 170 Å². The minimum atomic E-state index is 0.151. The summed E-state index contributed by atoms with van der Waals surface area (Å²) in [5.41, 5.74) is 1.93. The third-order valence-corrected chi connectivity index (χ3v) is 5.30. The number of rotatable bonds is 7. The van der Waals surface area contributed by atoms with E-state index in [0.29, 0.717) is 0 Å². The second kappa shape index (κ2) is 8.70. The zero-order chi connectivity index (χ0) is 20.3. The molecule has 7 nitrogen and oxygen atoms in total. The largest absolute Gasteiger partial charge is 0.497 e. The highest BCUT2D eigenvalue weighted by Crippen LogP contribution is 2.32. The summed E-state index contributed by atoms with van der Waals surface area (Å²) in [7, 11) is 5.79. The lowest BCUT2D eigenvalue weighted by atomic mass is 10.2. The highest BCUT2D eigenvalue weighted by Gasteiger charge is 2.23. The summed E-state index contributed by atoms with van der Waals surface area (Å²) in [6.45, 7) is 6.02. The first-order valence-electron chi connectivity index (χ1n) is 9.19. The molecular formula is C20H26N6OS. The van der Waals surface area contributed by atoms with Gasteiger partial charge >= 0.3 is 0 Å². The summed E-state index contributed by atoms with van der Waals surface area (Å²) in [6, 6.07) is 10.1. The Balaban J connectivity index is 2.09. The number of nitrogens with zero attached hydrogens (tertiary/aromatic N) is 6. The Bertz CT molecular complexity index is 918. The topological polar surface area (TPSA) is 69.0 Å². The van der Waals surface area contributed by atoms with Gasteiger partial charge in [0.15, 0.2) is 5.82 Å². The first-order valence-corrected chi connectivity index (χ1v) is 10.0. The molecule has 0 saturated heterocycles. The van der Waals surface area contributed by atoms with Gasteiger partial charge in [0.2, 0.25) is 5.16 Å². The molecule has 1 atom stereocenters. The molecule has 0 bridgehead atoms. The predicted molar refractivity (Wildman–Crippen MR) is 110 cm³/mol. The summed E-state index contributed by atoms with van der Waals surface area (Å²) in [4.78, 5) is 11.1. The third-order valence-electron chi connectivity index (χ3n) is 4.44. The van der Waals surface area contributed by atoms with Crippen LogP contribution < -0.4 is 4.74 Å². The molecule has 8 heteroatoms. The molecule has 148 valence electrons. The van der Waals surface area contributed by atoms with Crippen molar-refractivity contribution in [1.29, 1.82) is 0 Å². The molecule has 1 aromatic carbocycles. The van der Waals surface area contributed by atoms with Crippen LogP contribution in [-0.4, -0.2) is 50.8 Å². The van der Waals surface area contributed by atoms with E-state index in [4.69, 9.17) is 4.74 Å². The maximum absolute atomic E-state index is 5.30. The van der Waals surface area contributed by atoms with Gasteiger partial charge in [0.1, 0.15) is 16.6 Å². The Hall–Kier alpha value is -2.45. The molecule has 0 spiro atoms. The smallest absolute Gasteiger partial charge is 0.202 e. The maximum Gasteiger partial charge on any atom is 0.202 e. The lowest BCUT2D eigenvalue weighted by Gasteiger charge is -2.23. The van der Waals surface area contributed by atoms with Crippen molar-refractivity contribution in [2.75, 3.05) is 21.2 Å². The zero-order valence-corrected chi connectivity index (χ0v) is 18.0. The molecule has 0 aliphatic heterocycles. The van der Waals surface area contributed by atoms with Crippen molar-refractivity contribution in [3.63, 3.8) is 0 Å². The first kappa shape index (κ1) is 20.3. The van der Waals surface area contributed by atoms with Crippen LogP contribution in [0.4, 0.5) is 0 Å². The Morgan fingerprint density at radius 1 is 1.11 bits per heavy atom. The van der Waals surface area contributed by atoms with Crippen molar-refractivity contribution in [2.24, 2.45) is 0 Å². The van der Waals surface area contributed by atoms with Crippen LogP contribution in [0, 0.1) is 13.8 Å². The van der Waals surface area contributed by atoms with Gasteiger partial charge < -0.3 is 4.74 Å². The van der Waals surface area contributed by atoms with E-state index in [2.05, 4.69) is 50.7 Å². The average molecular weight is 399 g/mol. The maximum atomic E-state index is 5.30. The van der Waals surface area contributed by atoms with Gasteiger partial charge in [-0.15, -0.1) is 10.2 Å². The van der Waals surface area contributed by atoms with E-state index in [0.717, 1.165) is 45.4 Å². The van der Waals surface area contributed by atoms with Gasteiger partial charge in [-0.3, -0.25) is 9.47 Å². The van der Waals surface area contributed by atoms with Crippen molar-refractivity contribution < 1.29 is 4.74 Å². The van der Waals surface area contributed by atoms with E-state index in [-0.39, 0.29) is 6.04 Å². The van der Waals surface area contributed by atoms with E-state index in [9.17, 15) is 0 Å². The molecule has 0 N–H and O–H groups in total. The van der Waals surface area contributed by atoms with Crippen molar-refractivity contribution >= 4 is 11.8 Å². The number of aryl methyl sites for hydroxylation is 2. The minimum Gasteiger partial charge on any atom is -0.497 e. The molecule has 1 unspecified atom stereocenters. The number of hydrogen-bond acceptors (Lipinski definition) is 7. The van der Waals surface area contributed by atoms with Crippen LogP contribution in [0.1, 0.15) is 36.7 Å². The molecule has 28 heavy (non-hydrogen) atoms. The fourth-order valence-electron chi connectivity index (χ4n) is 3.14. The molecule has 0 aliphatic rings. The van der Waals surface area contributed by atoms with E-state index < -0.39 is 0 Å². The summed E-state index contributed by atoms with van der Waals surface area (Å²) >= 11 is 1.50. The number of benzene rings is 1. The van der Waals surface area contributed by atoms with Crippen LogP contribution in [0.3, 0.4) is 0 Å². The van der Waals surface area contributed by atoms with Crippen LogP contribution in [0.15, 0.2) is 40.5 Å². The van der Waals surface area contributed by atoms with Crippen LogP contribution in [0.5, 0.6) is 5.75 Å². The fourth-order valence-corrected chi connectivity index (χ4v) is 4.11. The lowest BCUT2D eigenvalue weighted by Crippen LogP contribution is -2.22. The van der Waals surface area contributed by atoms with Crippen LogP contribution in [0.2, 0.25) is 0 Å². The Kier molecular flexibility index (Phi) is 6.31. The van der Waals surface area contributed by atoms with Crippen molar-refractivity contribution in [1.82, 2.24) is 29.6 Å². The van der Waals surface area contributed by atoms with Gasteiger partial charge in [-0.1, -0.05) is 6.92 Å². The number of aromatic nitrogens is 5. The van der Waals surface area contributed by atoms with Crippen LogP contribution >= 0.6 is 11.8 Å². The second-order valence-electron chi connectivity index (χ2n) is 6.76. The molecule has 0 fully saturated rings. The van der Waals surface area contributed by atoms with E-state index >= 15 is 0 Å². The summed E-state index contributed by atoms with van der Waals surface area (Å²) in [5, 5.41) is 10.7. The minimum absolute atomic E-state index is 0.151. The van der Waals surface area contributed by atoms with Crippen LogP contribution in [-0.2, 0) is 0 Å². The molecule has 0 aliphatic carbocycles.